The molecule has 1 aromatic carbocycles. The topological polar surface area (TPSA) is 83.1 Å². The standard InChI is InChI=1S/C8H10N2O2S/c9-8(13)10-7(12)5-2-1-3-6(11)4-5/h1-4,7,11-12H,(H3,9,10,13)/p+1. The second-order valence-corrected chi connectivity index (χ2v) is 3.08. The van der Waals surface area contributed by atoms with Crippen molar-refractivity contribution >= 4 is 17.3 Å². The first-order chi connectivity index (χ1) is 6.09. The van der Waals surface area contributed by atoms with E-state index in [1.807, 2.05) is 0 Å². The van der Waals surface area contributed by atoms with Crippen LogP contribution in [-0.2, 0) is 0 Å². The highest BCUT2D eigenvalue weighted by Crippen LogP contribution is 2.13. The van der Waals surface area contributed by atoms with E-state index in [-0.39, 0.29) is 10.9 Å². The molecular weight excluding hydrogens is 188 g/mol. The number of phenols is 1. The maximum Gasteiger partial charge on any atom is 0.266 e. The molecule has 1 aromatic rings. The Bertz CT molecular complexity index is 317. The number of aromatic hydroxyl groups is 1. The predicted octanol–water partition coefficient (Wildman–Crippen LogP) is -0.810. The molecule has 0 aliphatic heterocycles. The normalized spacial score (nSPS) is 12.4. The molecule has 13 heavy (non-hydrogen) atoms. The Hall–Kier alpha value is -1.17. The number of aliphatic hydroxyl groups excluding tert-OH is 1. The smallest absolute Gasteiger partial charge is 0.266 e. The summed E-state index contributed by atoms with van der Waals surface area (Å²) in [5.74, 6) is 0.105. The highest BCUT2D eigenvalue weighted by Gasteiger charge is 2.11. The van der Waals surface area contributed by atoms with Gasteiger partial charge in [-0.15, -0.1) is 0 Å². The molecule has 0 radical (unpaired) electrons. The monoisotopic (exact) mass is 199 g/mol. The first-order valence-electron chi connectivity index (χ1n) is 3.71. The van der Waals surface area contributed by atoms with Gasteiger partial charge in [-0.3, -0.25) is 5.32 Å². The van der Waals surface area contributed by atoms with Crippen LogP contribution < -0.4 is 11.1 Å². The summed E-state index contributed by atoms with van der Waals surface area (Å²) in [5.41, 5.74) is 5.78. The van der Waals surface area contributed by atoms with Crippen molar-refractivity contribution in [3.05, 3.63) is 29.8 Å². The van der Waals surface area contributed by atoms with Crippen LogP contribution in [0.3, 0.4) is 0 Å². The number of rotatable bonds is 2. The molecule has 1 unspecified atom stereocenters. The largest absolute Gasteiger partial charge is 0.508 e. The number of hydrogen-bond acceptors (Lipinski definition) is 3. The van der Waals surface area contributed by atoms with E-state index >= 15 is 0 Å². The molecule has 1 rings (SSSR count). The molecule has 0 aromatic heterocycles. The molecule has 1 atom stereocenters. The Kier molecular flexibility index (Phi) is 3.18. The van der Waals surface area contributed by atoms with Crippen LogP contribution in [0, 0.1) is 0 Å². The molecule has 0 saturated heterocycles. The van der Waals surface area contributed by atoms with E-state index in [0.29, 0.717) is 5.56 Å². The van der Waals surface area contributed by atoms with Crippen molar-refractivity contribution in [1.29, 1.82) is 0 Å². The van der Waals surface area contributed by atoms with Crippen molar-refractivity contribution in [2.24, 2.45) is 5.73 Å². The Morgan fingerprint density at radius 3 is 2.77 bits per heavy atom. The SMILES string of the molecule is NC(=S)[NH2+]C(O)c1cccc(O)c1. The van der Waals surface area contributed by atoms with Gasteiger partial charge in [-0.1, -0.05) is 12.1 Å². The van der Waals surface area contributed by atoms with Crippen LogP contribution >= 0.6 is 12.2 Å². The lowest BCUT2D eigenvalue weighted by Crippen LogP contribution is -2.90. The van der Waals surface area contributed by atoms with E-state index in [1.165, 1.54) is 17.4 Å². The molecule has 0 bridgehead atoms. The zero-order valence-electron chi connectivity index (χ0n) is 6.84. The fourth-order valence-electron chi connectivity index (χ4n) is 0.961. The second-order valence-electron chi connectivity index (χ2n) is 2.61. The highest BCUT2D eigenvalue weighted by atomic mass is 32.1. The molecule has 0 heterocycles. The fourth-order valence-corrected chi connectivity index (χ4v) is 1.09. The number of aliphatic hydroxyl groups is 1. The van der Waals surface area contributed by atoms with Crippen molar-refractivity contribution in [2.45, 2.75) is 6.23 Å². The summed E-state index contributed by atoms with van der Waals surface area (Å²) in [6.45, 7) is 0. The minimum absolute atomic E-state index is 0.105. The summed E-state index contributed by atoms with van der Waals surface area (Å²) in [6.07, 6.45) is -0.857. The van der Waals surface area contributed by atoms with Crippen LogP contribution in [0.2, 0.25) is 0 Å². The molecule has 0 aliphatic rings. The third-order valence-electron chi connectivity index (χ3n) is 1.53. The van der Waals surface area contributed by atoms with E-state index in [0.717, 1.165) is 0 Å². The number of nitrogens with two attached hydrogens (primary N) is 2. The van der Waals surface area contributed by atoms with Gasteiger partial charge in [0, 0.05) is 17.8 Å². The average Bonchev–Trinajstić information content (AvgIpc) is 2.03. The van der Waals surface area contributed by atoms with Crippen LogP contribution in [0.1, 0.15) is 11.8 Å². The predicted molar refractivity (Wildman–Crippen MR) is 51.8 cm³/mol. The van der Waals surface area contributed by atoms with Crippen molar-refractivity contribution in [2.75, 3.05) is 0 Å². The molecule has 6 N–H and O–H groups in total. The van der Waals surface area contributed by atoms with Gasteiger partial charge in [0.25, 0.3) is 5.11 Å². The molecule has 5 heteroatoms. The number of thiocarbonyl (C=S) groups is 1. The molecule has 70 valence electrons. The second kappa shape index (κ2) is 4.18. The zero-order chi connectivity index (χ0) is 9.84. The number of quaternary nitrogens is 1. The molecular formula is C8H11N2O2S+. The molecule has 0 fully saturated rings. The Morgan fingerprint density at radius 1 is 1.54 bits per heavy atom. The summed E-state index contributed by atoms with van der Waals surface area (Å²) in [6, 6.07) is 6.30. The Balaban J connectivity index is 2.76. The minimum atomic E-state index is -0.857. The number of hydrogen-bond donors (Lipinski definition) is 4. The van der Waals surface area contributed by atoms with Gasteiger partial charge in [0.05, 0.1) is 0 Å². The van der Waals surface area contributed by atoms with Crippen molar-refractivity contribution in [1.82, 2.24) is 0 Å². The van der Waals surface area contributed by atoms with Crippen molar-refractivity contribution < 1.29 is 15.5 Å². The Labute approximate surface area is 81.0 Å². The van der Waals surface area contributed by atoms with Crippen LogP contribution in [-0.4, -0.2) is 15.3 Å². The van der Waals surface area contributed by atoms with E-state index in [4.69, 9.17) is 10.8 Å². The van der Waals surface area contributed by atoms with Gasteiger partial charge in [0.1, 0.15) is 5.75 Å². The lowest BCUT2D eigenvalue weighted by Gasteiger charge is -2.07. The minimum Gasteiger partial charge on any atom is -0.508 e. The summed E-state index contributed by atoms with van der Waals surface area (Å²) in [4.78, 5) is 0. The lowest BCUT2D eigenvalue weighted by atomic mass is 10.2. The van der Waals surface area contributed by atoms with Gasteiger partial charge in [-0.2, -0.15) is 0 Å². The van der Waals surface area contributed by atoms with Crippen LogP contribution in [0.4, 0.5) is 0 Å². The first-order valence-corrected chi connectivity index (χ1v) is 4.11. The highest BCUT2D eigenvalue weighted by molar-refractivity contribution is 7.79. The van der Waals surface area contributed by atoms with Crippen LogP contribution in [0.25, 0.3) is 0 Å². The summed E-state index contributed by atoms with van der Waals surface area (Å²) < 4.78 is 0. The van der Waals surface area contributed by atoms with Gasteiger partial charge < -0.3 is 15.9 Å². The summed E-state index contributed by atoms with van der Waals surface area (Å²) in [5, 5.41) is 20.1. The third kappa shape index (κ3) is 2.98. The van der Waals surface area contributed by atoms with Crippen molar-refractivity contribution in [3.63, 3.8) is 0 Å². The molecule has 0 aliphatic carbocycles. The molecule has 0 spiro atoms. The van der Waals surface area contributed by atoms with Gasteiger partial charge in [0.2, 0.25) is 6.23 Å². The third-order valence-corrected chi connectivity index (χ3v) is 1.67. The van der Waals surface area contributed by atoms with Crippen LogP contribution in [0.5, 0.6) is 5.75 Å². The van der Waals surface area contributed by atoms with Gasteiger partial charge >= 0.3 is 0 Å². The maximum atomic E-state index is 9.48. The Morgan fingerprint density at radius 2 is 2.23 bits per heavy atom. The number of phenolic OH excluding ortho intramolecular Hbond substituents is 1. The molecule has 0 saturated carbocycles. The first kappa shape index (κ1) is 9.91. The van der Waals surface area contributed by atoms with E-state index in [9.17, 15) is 5.11 Å². The van der Waals surface area contributed by atoms with Gasteiger partial charge in [-0.05, 0) is 12.1 Å². The zero-order valence-corrected chi connectivity index (χ0v) is 7.66. The molecule has 0 amide bonds. The maximum absolute atomic E-state index is 9.48. The van der Waals surface area contributed by atoms with E-state index in [2.05, 4.69) is 12.2 Å². The summed E-state index contributed by atoms with van der Waals surface area (Å²) >= 11 is 4.60. The van der Waals surface area contributed by atoms with Crippen molar-refractivity contribution in [3.8, 4) is 5.75 Å². The fraction of sp³-hybridized carbons (Fsp3) is 0.125. The summed E-state index contributed by atoms with van der Waals surface area (Å²) in [7, 11) is 0. The van der Waals surface area contributed by atoms with Gasteiger partial charge in [-0.25, -0.2) is 0 Å². The quantitative estimate of drug-likeness (QED) is 0.371. The van der Waals surface area contributed by atoms with Gasteiger partial charge in [0.15, 0.2) is 0 Å². The van der Waals surface area contributed by atoms with Crippen LogP contribution in [0.15, 0.2) is 24.3 Å². The lowest BCUT2D eigenvalue weighted by molar-refractivity contribution is -0.632. The number of benzene rings is 1. The van der Waals surface area contributed by atoms with E-state index in [1.54, 1.807) is 12.1 Å². The molecule has 4 nitrogen and oxygen atoms in total. The van der Waals surface area contributed by atoms with E-state index < -0.39 is 6.23 Å². The average molecular weight is 199 g/mol.